The molecule has 1 heterocycles. The third-order valence-electron chi connectivity index (χ3n) is 2.41. The number of anilines is 1. The summed E-state index contributed by atoms with van der Waals surface area (Å²) in [6.45, 7) is 1.96. The molecule has 0 aliphatic heterocycles. The molecular weight excluding hydrogens is 200 g/mol. The number of aromatic nitrogens is 1. The highest BCUT2D eigenvalue weighted by Crippen LogP contribution is 2.33. The van der Waals surface area contributed by atoms with Crippen molar-refractivity contribution in [3.05, 3.63) is 42.1 Å². The number of hydrogen-bond donors (Lipinski definition) is 1. The molecule has 0 amide bonds. The zero-order valence-corrected chi connectivity index (χ0v) is 9.40. The zero-order valence-electron chi connectivity index (χ0n) is 9.40. The van der Waals surface area contributed by atoms with Crippen LogP contribution >= 0.6 is 0 Å². The van der Waals surface area contributed by atoms with Crippen molar-refractivity contribution in [2.45, 2.75) is 6.92 Å². The van der Waals surface area contributed by atoms with Crippen molar-refractivity contribution in [1.82, 2.24) is 4.98 Å². The lowest BCUT2D eigenvalue weighted by Crippen LogP contribution is -1.96. The number of methoxy groups -OCH3 is 1. The SMILES string of the molecule is COc1c(N)cccc1-c1cccc(C)n1. The number of nitrogen functional groups attached to an aromatic ring is 1. The molecule has 16 heavy (non-hydrogen) atoms. The maximum atomic E-state index is 5.85. The molecule has 2 aromatic rings. The molecule has 0 saturated carbocycles. The average Bonchev–Trinajstić information content (AvgIpc) is 2.28. The molecule has 3 nitrogen and oxygen atoms in total. The van der Waals surface area contributed by atoms with Crippen molar-refractivity contribution in [1.29, 1.82) is 0 Å². The zero-order chi connectivity index (χ0) is 11.5. The van der Waals surface area contributed by atoms with Crippen LogP contribution in [0, 0.1) is 6.92 Å². The Labute approximate surface area is 94.9 Å². The van der Waals surface area contributed by atoms with Crippen LogP contribution in [0.2, 0.25) is 0 Å². The van der Waals surface area contributed by atoms with Gasteiger partial charge in [-0.2, -0.15) is 0 Å². The number of ether oxygens (including phenoxy) is 1. The van der Waals surface area contributed by atoms with Crippen LogP contribution in [0.4, 0.5) is 5.69 Å². The lowest BCUT2D eigenvalue weighted by molar-refractivity contribution is 0.418. The van der Waals surface area contributed by atoms with E-state index in [2.05, 4.69) is 4.98 Å². The summed E-state index contributed by atoms with van der Waals surface area (Å²) in [6, 6.07) is 11.6. The standard InChI is InChI=1S/C13H14N2O/c1-9-5-3-8-12(15-9)10-6-4-7-11(14)13(10)16-2/h3-8H,14H2,1-2H3. The van der Waals surface area contributed by atoms with Crippen molar-refractivity contribution < 1.29 is 4.74 Å². The molecule has 0 unspecified atom stereocenters. The second-order valence-electron chi connectivity index (χ2n) is 3.59. The highest BCUT2D eigenvalue weighted by molar-refractivity contribution is 5.75. The number of aryl methyl sites for hydroxylation is 1. The molecule has 0 aliphatic carbocycles. The summed E-state index contributed by atoms with van der Waals surface area (Å²) < 4.78 is 5.31. The fraction of sp³-hybridized carbons (Fsp3) is 0.154. The molecule has 2 N–H and O–H groups in total. The fourth-order valence-electron chi connectivity index (χ4n) is 1.68. The Hall–Kier alpha value is -2.03. The van der Waals surface area contributed by atoms with E-state index in [0.29, 0.717) is 11.4 Å². The minimum Gasteiger partial charge on any atom is -0.494 e. The van der Waals surface area contributed by atoms with Gasteiger partial charge in [-0.3, -0.25) is 4.98 Å². The van der Waals surface area contributed by atoms with Crippen molar-refractivity contribution in [3.63, 3.8) is 0 Å². The first-order valence-electron chi connectivity index (χ1n) is 5.09. The van der Waals surface area contributed by atoms with Crippen molar-refractivity contribution in [2.24, 2.45) is 0 Å². The second-order valence-corrected chi connectivity index (χ2v) is 3.59. The molecule has 0 aliphatic rings. The molecule has 0 fully saturated rings. The van der Waals surface area contributed by atoms with Gasteiger partial charge in [0.05, 0.1) is 18.5 Å². The number of benzene rings is 1. The molecule has 82 valence electrons. The molecular formula is C13H14N2O. The van der Waals surface area contributed by atoms with Gasteiger partial charge >= 0.3 is 0 Å². The highest BCUT2D eigenvalue weighted by Gasteiger charge is 2.09. The summed E-state index contributed by atoms with van der Waals surface area (Å²) in [6.07, 6.45) is 0. The monoisotopic (exact) mass is 214 g/mol. The Morgan fingerprint density at radius 2 is 1.88 bits per heavy atom. The maximum Gasteiger partial charge on any atom is 0.151 e. The first-order chi connectivity index (χ1) is 7.72. The molecule has 0 radical (unpaired) electrons. The Balaban J connectivity index is 2.60. The molecule has 3 heteroatoms. The lowest BCUT2D eigenvalue weighted by atomic mass is 10.1. The van der Waals surface area contributed by atoms with Crippen LogP contribution in [0.15, 0.2) is 36.4 Å². The minimum absolute atomic E-state index is 0.628. The summed E-state index contributed by atoms with van der Waals surface area (Å²) in [5.41, 5.74) is 9.26. The van der Waals surface area contributed by atoms with Crippen LogP contribution in [-0.4, -0.2) is 12.1 Å². The minimum atomic E-state index is 0.628. The van der Waals surface area contributed by atoms with Gasteiger partial charge in [0.25, 0.3) is 0 Å². The largest absolute Gasteiger partial charge is 0.494 e. The van der Waals surface area contributed by atoms with Gasteiger partial charge in [0.15, 0.2) is 5.75 Å². The first kappa shape index (κ1) is 10.5. The lowest BCUT2D eigenvalue weighted by Gasteiger charge is -2.10. The molecule has 1 aromatic carbocycles. The quantitative estimate of drug-likeness (QED) is 0.782. The van der Waals surface area contributed by atoms with Crippen molar-refractivity contribution in [3.8, 4) is 17.0 Å². The Bertz CT molecular complexity index is 509. The van der Waals surface area contributed by atoms with Crippen LogP contribution < -0.4 is 10.5 Å². The van der Waals surface area contributed by atoms with Gasteiger partial charge < -0.3 is 10.5 Å². The Morgan fingerprint density at radius 1 is 1.12 bits per heavy atom. The van der Waals surface area contributed by atoms with Gasteiger partial charge in [-0.15, -0.1) is 0 Å². The predicted octanol–water partition coefficient (Wildman–Crippen LogP) is 2.65. The molecule has 1 aromatic heterocycles. The smallest absolute Gasteiger partial charge is 0.151 e. The summed E-state index contributed by atoms with van der Waals surface area (Å²) in [4.78, 5) is 4.46. The van der Waals surface area contributed by atoms with E-state index in [0.717, 1.165) is 17.0 Å². The second kappa shape index (κ2) is 4.23. The van der Waals surface area contributed by atoms with Crippen LogP contribution in [0.25, 0.3) is 11.3 Å². The van der Waals surface area contributed by atoms with E-state index < -0.39 is 0 Å². The highest BCUT2D eigenvalue weighted by atomic mass is 16.5. The van der Waals surface area contributed by atoms with E-state index >= 15 is 0 Å². The molecule has 2 rings (SSSR count). The Morgan fingerprint density at radius 3 is 2.56 bits per heavy atom. The van der Waals surface area contributed by atoms with E-state index in [1.807, 2.05) is 43.3 Å². The van der Waals surface area contributed by atoms with Crippen LogP contribution in [0.1, 0.15) is 5.69 Å². The summed E-state index contributed by atoms with van der Waals surface area (Å²) in [5, 5.41) is 0. The van der Waals surface area contributed by atoms with Gasteiger partial charge in [-0.25, -0.2) is 0 Å². The fourth-order valence-corrected chi connectivity index (χ4v) is 1.68. The number of nitrogens with zero attached hydrogens (tertiary/aromatic N) is 1. The van der Waals surface area contributed by atoms with Crippen LogP contribution in [0.5, 0.6) is 5.75 Å². The van der Waals surface area contributed by atoms with Gasteiger partial charge in [0.2, 0.25) is 0 Å². The molecule has 0 spiro atoms. The Kier molecular flexibility index (Phi) is 2.77. The van der Waals surface area contributed by atoms with Gasteiger partial charge in [0.1, 0.15) is 0 Å². The van der Waals surface area contributed by atoms with E-state index in [1.54, 1.807) is 7.11 Å². The summed E-state index contributed by atoms with van der Waals surface area (Å²) in [5.74, 6) is 0.681. The summed E-state index contributed by atoms with van der Waals surface area (Å²) >= 11 is 0. The van der Waals surface area contributed by atoms with Gasteiger partial charge in [-0.1, -0.05) is 12.1 Å². The third-order valence-corrected chi connectivity index (χ3v) is 2.41. The molecule has 0 bridgehead atoms. The molecule has 0 saturated heterocycles. The number of nitrogens with two attached hydrogens (primary N) is 1. The topological polar surface area (TPSA) is 48.1 Å². The number of rotatable bonds is 2. The average molecular weight is 214 g/mol. The maximum absolute atomic E-state index is 5.85. The van der Waals surface area contributed by atoms with E-state index in [1.165, 1.54) is 0 Å². The van der Waals surface area contributed by atoms with E-state index in [-0.39, 0.29) is 0 Å². The van der Waals surface area contributed by atoms with Gasteiger partial charge in [-0.05, 0) is 31.2 Å². The van der Waals surface area contributed by atoms with Crippen molar-refractivity contribution >= 4 is 5.69 Å². The first-order valence-corrected chi connectivity index (χ1v) is 5.09. The van der Waals surface area contributed by atoms with Crippen molar-refractivity contribution in [2.75, 3.05) is 12.8 Å². The number of para-hydroxylation sites is 1. The van der Waals surface area contributed by atoms with Crippen LogP contribution in [0.3, 0.4) is 0 Å². The number of hydrogen-bond acceptors (Lipinski definition) is 3. The van der Waals surface area contributed by atoms with E-state index in [4.69, 9.17) is 10.5 Å². The molecule has 0 atom stereocenters. The van der Waals surface area contributed by atoms with Gasteiger partial charge in [0, 0.05) is 11.3 Å². The summed E-state index contributed by atoms with van der Waals surface area (Å²) in [7, 11) is 1.62. The third kappa shape index (κ3) is 1.84. The van der Waals surface area contributed by atoms with Crippen LogP contribution in [-0.2, 0) is 0 Å². The normalized spacial score (nSPS) is 10.1. The predicted molar refractivity (Wildman–Crippen MR) is 65.4 cm³/mol. The number of pyridine rings is 1. The van der Waals surface area contributed by atoms with E-state index in [9.17, 15) is 0 Å².